The molecule has 19 heavy (non-hydrogen) atoms. The number of carbonyl (C=O) groups excluding carboxylic acids is 1. The van der Waals surface area contributed by atoms with Crippen LogP contribution >= 0.6 is 0 Å². The quantitative estimate of drug-likeness (QED) is 0.788. The van der Waals surface area contributed by atoms with Gasteiger partial charge in [0, 0.05) is 26.2 Å². The third-order valence-corrected chi connectivity index (χ3v) is 4.95. The summed E-state index contributed by atoms with van der Waals surface area (Å²) in [6, 6.07) is 0.0798. The van der Waals surface area contributed by atoms with E-state index in [-0.39, 0.29) is 24.0 Å². The van der Waals surface area contributed by atoms with Gasteiger partial charge in [-0.25, -0.2) is 13.1 Å². The van der Waals surface area contributed by atoms with Crippen LogP contribution in [-0.4, -0.2) is 58.3 Å². The van der Waals surface area contributed by atoms with Crippen molar-refractivity contribution in [2.24, 2.45) is 5.41 Å². The lowest BCUT2D eigenvalue weighted by molar-refractivity contribution is -0.138. The molecular weight excluding hydrogens is 268 g/mol. The van der Waals surface area contributed by atoms with E-state index < -0.39 is 10.0 Å². The molecule has 1 N–H and O–H groups in total. The number of hydrogen-bond donors (Lipinski definition) is 1. The Kier molecular flexibility index (Phi) is 4.17. The molecule has 1 spiro atoms. The van der Waals surface area contributed by atoms with Crippen LogP contribution < -0.4 is 4.72 Å². The minimum atomic E-state index is -3.10. The number of methoxy groups -OCH3 is 1. The number of sulfonamides is 1. The molecule has 1 amide bonds. The molecule has 7 heteroatoms. The maximum absolute atomic E-state index is 11.7. The third-order valence-electron chi connectivity index (χ3n) is 4.18. The molecule has 0 aromatic rings. The molecule has 1 aliphatic carbocycles. The minimum Gasteiger partial charge on any atom is -0.375 e. The van der Waals surface area contributed by atoms with Crippen LogP contribution in [0.1, 0.15) is 25.7 Å². The molecule has 1 aliphatic heterocycles. The van der Waals surface area contributed by atoms with Crippen molar-refractivity contribution in [3.8, 4) is 0 Å². The summed E-state index contributed by atoms with van der Waals surface area (Å²) in [6.45, 7) is 1.66. The lowest BCUT2D eigenvalue weighted by atomic mass is 9.60. The van der Waals surface area contributed by atoms with E-state index in [0.717, 1.165) is 38.8 Å². The second-order valence-corrected chi connectivity index (χ2v) is 7.59. The monoisotopic (exact) mass is 290 g/mol. The predicted octanol–water partition coefficient (Wildman–Crippen LogP) is -0.0468. The average Bonchev–Trinajstić information content (AvgIpc) is 2.26. The van der Waals surface area contributed by atoms with Gasteiger partial charge in [-0.1, -0.05) is 0 Å². The first kappa shape index (κ1) is 14.7. The zero-order chi connectivity index (χ0) is 14.1. The normalized spacial score (nSPS) is 23.4. The number of nitrogens with one attached hydrogen (secondary N) is 1. The molecule has 2 rings (SSSR count). The van der Waals surface area contributed by atoms with Crippen LogP contribution in [0.2, 0.25) is 0 Å². The summed E-state index contributed by atoms with van der Waals surface area (Å²) in [5.41, 5.74) is 0.242. The van der Waals surface area contributed by atoms with E-state index in [9.17, 15) is 13.2 Å². The Hall–Kier alpha value is -0.660. The Morgan fingerprint density at radius 3 is 2.42 bits per heavy atom. The van der Waals surface area contributed by atoms with Gasteiger partial charge in [0.2, 0.25) is 15.9 Å². The standard InChI is InChI=1S/C12H22N2O4S/c1-18-9-11(15)14-5-3-12(4-6-14)7-10(8-12)13-19(2,16)17/h10,13H,3-9H2,1-2H3. The fraction of sp³-hybridized carbons (Fsp3) is 0.917. The highest BCUT2D eigenvalue weighted by atomic mass is 32.2. The number of nitrogens with zero attached hydrogens (tertiary/aromatic N) is 1. The van der Waals surface area contributed by atoms with E-state index in [4.69, 9.17) is 4.74 Å². The Bertz CT molecular complexity index is 433. The first-order valence-corrected chi connectivity index (χ1v) is 8.47. The molecule has 1 saturated heterocycles. The molecule has 0 bridgehead atoms. The molecule has 0 radical (unpaired) electrons. The Balaban J connectivity index is 1.78. The summed E-state index contributed by atoms with van der Waals surface area (Å²) < 4.78 is 29.8. The van der Waals surface area contributed by atoms with Crippen LogP contribution in [0.4, 0.5) is 0 Å². The molecule has 1 heterocycles. The first-order valence-electron chi connectivity index (χ1n) is 6.58. The van der Waals surface area contributed by atoms with Gasteiger partial charge in [0.25, 0.3) is 0 Å². The van der Waals surface area contributed by atoms with Crippen molar-refractivity contribution in [3.63, 3.8) is 0 Å². The highest BCUT2D eigenvalue weighted by molar-refractivity contribution is 7.88. The second kappa shape index (κ2) is 5.38. The Morgan fingerprint density at radius 2 is 1.95 bits per heavy atom. The minimum absolute atomic E-state index is 0.0440. The maximum Gasteiger partial charge on any atom is 0.248 e. The van der Waals surface area contributed by atoms with Crippen molar-refractivity contribution < 1.29 is 17.9 Å². The smallest absolute Gasteiger partial charge is 0.248 e. The van der Waals surface area contributed by atoms with Gasteiger partial charge >= 0.3 is 0 Å². The van der Waals surface area contributed by atoms with Gasteiger partial charge in [-0.15, -0.1) is 0 Å². The maximum atomic E-state index is 11.7. The molecular formula is C12H22N2O4S. The highest BCUT2D eigenvalue weighted by Gasteiger charge is 2.46. The molecule has 0 unspecified atom stereocenters. The predicted molar refractivity (Wildman–Crippen MR) is 71.1 cm³/mol. The number of carbonyl (C=O) groups is 1. The number of amides is 1. The summed E-state index contributed by atoms with van der Waals surface area (Å²) in [5.74, 6) is 0.0440. The third kappa shape index (κ3) is 3.67. The van der Waals surface area contributed by atoms with Crippen LogP contribution in [-0.2, 0) is 19.6 Å². The largest absolute Gasteiger partial charge is 0.375 e. The van der Waals surface area contributed by atoms with Crippen molar-refractivity contribution in [2.75, 3.05) is 33.1 Å². The van der Waals surface area contributed by atoms with Crippen molar-refractivity contribution in [1.29, 1.82) is 0 Å². The van der Waals surface area contributed by atoms with Crippen LogP contribution in [0, 0.1) is 5.41 Å². The SMILES string of the molecule is COCC(=O)N1CCC2(CC1)CC(NS(C)(=O)=O)C2. The van der Waals surface area contributed by atoms with E-state index >= 15 is 0 Å². The topological polar surface area (TPSA) is 75.7 Å². The van der Waals surface area contributed by atoms with E-state index in [1.165, 1.54) is 13.4 Å². The fourth-order valence-corrected chi connectivity index (χ4v) is 4.00. The number of likely N-dealkylation sites (tertiary alicyclic amines) is 1. The van der Waals surface area contributed by atoms with E-state index in [1.807, 2.05) is 4.90 Å². The second-order valence-electron chi connectivity index (χ2n) is 5.81. The molecule has 0 aromatic heterocycles. The van der Waals surface area contributed by atoms with Gasteiger partial charge in [0.1, 0.15) is 6.61 Å². The summed E-state index contributed by atoms with van der Waals surface area (Å²) in [6.07, 6.45) is 4.91. The molecule has 110 valence electrons. The highest BCUT2D eigenvalue weighted by Crippen LogP contribution is 2.49. The lowest BCUT2D eigenvalue weighted by Gasteiger charge is -2.52. The molecule has 0 aromatic carbocycles. The zero-order valence-electron chi connectivity index (χ0n) is 11.5. The molecule has 2 aliphatic rings. The van der Waals surface area contributed by atoms with E-state index in [1.54, 1.807) is 0 Å². The summed E-state index contributed by atoms with van der Waals surface area (Å²) in [5, 5.41) is 0. The van der Waals surface area contributed by atoms with Crippen LogP contribution in [0.15, 0.2) is 0 Å². The fourth-order valence-electron chi connectivity index (χ4n) is 3.23. The average molecular weight is 290 g/mol. The summed E-state index contributed by atoms with van der Waals surface area (Å²) >= 11 is 0. The van der Waals surface area contributed by atoms with Gasteiger partial charge < -0.3 is 9.64 Å². The molecule has 2 fully saturated rings. The summed E-state index contributed by atoms with van der Waals surface area (Å²) in [4.78, 5) is 13.5. The Labute approximate surface area is 114 Å². The molecule has 6 nitrogen and oxygen atoms in total. The molecule has 1 saturated carbocycles. The number of hydrogen-bond acceptors (Lipinski definition) is 4. The molecule has 0 atom stereocenters. The van der Waals surface area contributed by atoms with Crippen molar-refractivity contribution >= 4 is 15.9 Å². The van der Waals surface area contributed by atoms with E-state index in [2.05, 4.69) is 4.72 Å². The Morgan fingerprint density at radius 1 is 1.37 bits per heavy atom. The van der Waals surface area contributed by atoms with Crippen LogP contribution in [0.25, 0.3) is 0 Å². The number of ether oxygens (including phenoxy) is 1. The summed E-state index contributed by atoms with van der Waals surface area (Å²) in [7, 11) is -1.58. The van der Waals surface area contributed by atoms with Gasteiger partial charge in [-0.2, -0.15) is 0 Å². The lowest BCUT2D eigenvalue weighted by Crippen LogP contribution is -2.55. The van der Waals surface area contributed by atoms with Gasteiger partial charge in [-0.3, -0.25) is 4.79 Å². The number of piperidine rings is 1. The van der Waals surface area contributed by atoms with Gasteiger partial charge in [-0.05, 0) is 31.1 Å². The van der Waals surface area contributed by atoms with Crippen LogP contribution in [0.3, 0.4) is 0 Å². The van der Waals surface area contributed by atoms with Gasteiger partial charge in [0.05, 0.1) is 6.26 Å². The van der Waals surface area contributed by atoms with Gasteiger partial charge in [0.15, 0.2) is 0 Å². The van der Waals surface area contributed by atoms with Crippen molar-refractivity contribution in [1.82, 2.24) is 9.62 Å². The zero-order valence-corrected chi connectivity index (χ0v) is 12.3. The first-order chi connectivity index (χ1) is 8.84. The van der Waals surface area contributed by atoms with Crippen molar-refractivity contribution in [3.05, 3.63) is 0 Å². The van der Waals surface area contributed by atoms with Crippen LogP contribution in [0.5, 0.6) is 0 Å². The van der Waals surface area contributed by atoms with E-state index in [0.29, 0.717) is 0 Å². The number of rotatable bonds is 4. The van der Waals surface area contributed by atoms with Crippen molar-refractivity contribution in [2.45, 2.75) is 31.7 Å².